The van der Waals surface area contributed by atoms with Crippen molar-refractivity contribution < 1.29 is 4.79 Å². The summed E-state index contributed by atoms with van der Waals surface area (Å²) < 4.78 is 0. The first-order valence-corrected chi connectivity index (χ1v) is 7.76. The zero-order valence-corrected chi connectivity index (χ0v) is 12.6. The Hall–Kier alpha value is -1.73. The van der Waals surface area contributed by atoms with Gasteiger partial charge in [0.15, 0.2) is 6.19 Å². The lowest BCUT2D eigenvalue weighted by Gasteiger charge is -2.47. The molecule has 0 atom stereocenters. The maximum Gasteiger partial charge on any atom is 0.338 e. The number of urea groups is 1. The second kappa shape index (κ2) is 4.14. The minimum Gasteiger partial charge on any atom is -0.296 e. The van der Waals surface area contributed by atoms with Crippen LogP contribution >= 0.6 is 11.6 Å². The Morgan fingerprint density at radius 2 is 1.90 bits per heavy atom. The Bertz CT molecular complexity index is 661. The molecule has 3 aliphatic rings. The van der Waals surface area contributed by atoms with E-state index in [1.165, 1.54) is 4.90 Å². The van der Waals surface area contributed by atoms with E-state index in [-0.39, 0.29) is 6.03 Å². The highest BCUT2D eigenvalue weighted by Gasteiger charge is 2.63. The van der Waals surface area contributed by atoms with Crippen molar-refractivity contribution in [3.63, 3.8) is 0 Å². The third-order valence-corrected chi connectivity index (χ3v) is 5.33. The van der Waals surface area contributed by atoms with E-state index in [4.69, 9.17) is 11.6 Å². The van der Waals surface area contributed by atoms with Crippen molar-refractivity contribution in [3.05, 3.63) is 28.8 Å². The van der Waals surface area contributed by atoms with Crippen LogP contribution in [0.4, 0.5) is 10.5 Å². The second-order valence-electron chi connectivity index (χ2n) is 6.31. The van der Waals surface area contributed by atoms with Gasteiger partial charge in [0.1, 0.15) is 0 Å². The Morgan fingerprint density at radius 3 is 2.43 bits per heavy atom. The summed E-state index contributed by atoms with van der Waals surface area (Å²) in [5, 5.41) is 10.3. The number of carbonyl (C=O) groups is 1. The quantitative estimate of drug-likeness (QED) is 0.782. The van der Waals surface area contributed by atoms with E-state index in [0.29, 0.717) is 16.9 Å². The molecule has 2 aliphatic carbocycles. The van der Waals surface area contributed by atoms with Crippen LogP contribution in [0.3, 0.4) is 0 Å². The van der Waals surface area contributed by atoms with E-state index in [1.807, 2.05) is 18.2 Å². The van der Waals surface area contributed by atoms with Crippen LogP contribution in [0.15, 0.2) is 18.2 Å². The molecule has 1 aromatic carbocycles. The van der Waals surface area contributed by atoms with Gasteiger partial charge in [-0.05, 0) is 55.7 Å². The average Bonchev–Trinajstić information content (AvgIpc) is 3.35. The van der Waals surface area contributed by atoms with Gasteiger partial charge in [0.2, 0.25) is 0 Å². The van der Waals surface area contributed by atoms with E-state index >= 15 is 0 Å². The van der Waals surface area contributed by atoms with Crippen molar-refractivity contribution in [3.8, 4) is 6.19 Å². The monoisotopic (exact) mass is 301 g/mol. The second-order valence-corrected chi connectivity index (χ2v) is 6.75. The largest absolute Gasteiger partial charge is 0.338 e. The summed E-state index contributed by atoms with van der Waals surface area (Å²) in [6.07, 6.45) is 6.50. The van der Waals surface area contributed by atoms with Gasteiger partial charge < -0.3 is 0 Å². The molecular formula is C16H16ClN3O. The Labute approximate surface area is 128 Å². The number of nitriles is 1. The van der Waals surface area contributed by atoms with E-state index in [9.17, 15) is 10.1 Å². The third-order valence-electron chi connectivity index (χ3n) is 5.10. The molecule has 5 heteroatoms. The Kier molecular flexibility index (Phi) is 2.56. The summed E-state index contributed by atoms with van der Waals surface area (Å²) in [6.45, 7) is 0. The summed E-state index contributed by atoms with van der Waals surface area (Å²) in [5.74, 6) is 0.777. The maximum absolute atomic E-state index is 12.7. The van der Waals surface area contributed by atoms with Gasteiger partial charge in [-0.2, -0.15) is 5.26 Å². The van der Waals surface area contributed by atoms with Crippen LogP contribution in [0, 0.1) is 23.3 Å². The summed E-state index contributed by atoms with van der Waals surface area (Å²) in [5.41, 5.74) is 1.50. The lowest BCUT2D eigenvalue weighted by Crippen LogP contribution is -2.58. The predicted molar refractivity (Wildman–Crippen MR) is 79.8 cm³/mol. The number of nitrogens with zero attached hydrogens (tertiary/aromatic N) is 3. The lowest BCUT2D eigenvalue weighted by atomic mass is 9.76. The van der Waals surface area contributed by atoms with E-state index in [0.717, 1.165) is 36.9 Å². The van der Waals surface area contributed by atoms with Crippen LogP contribution in [0.25, 0.3) is 0 Å². The van der Waals surface area contributed by atoms with Gasteiger partial charge >= 0.3 is 6.03 Å². The molecule has 108 valence electrons. The fourth-order valence-electron chi connectivity index (χ4n) is 3.96. The van der Waals surface area contributed by atoms with Crippen LogP contribution in [0.5, 0.6) is 0 Å². The van der Waals surface area contributed by atoms with Gasteiger partial charge in [0, 0.05) is 17.6 Å². The lowest BCUT2D eigenvalue weighted by molar-refractivity contribution is 0.114. The van der Waals surface area contributed by atoms with Gasteiger partial charge in [-0.25, -0.2) is 9.69 Å². The van der Waals surface area contributed by atoms with Crippen LogP contribution < -0.4 is 4.90 Å². The van der Waals surface area contributed by atoms with Crippen molar-refractivity contribution in [1.29, 1.82) is 5.26 Å². The minimum absolute atomic E-state index is 0.217. The molecule has 4 nitrogen and oxygen atoms in total. The molecule has 21 heavy (non-hydrogen) atoms. The first kappa shape index (κ1) is 13.0. The molecule has 0 saturated heterocycles. The molecule has 0 N–H and O–H groups in total. The average molecular weight is 302 g/mol. The molecule has 2 saturated carbocycles. The van der Waals surface area contributed by atoms with Crippen LogP contribution in [0.2, 0.25) is 5.02 Å². The molecule has 0 bridgehead atoms. The highest BCUT2D eigenvalue weighted by molar-refractivity contribution is 6.30. The molecular weight excluding hydrogens is 286 g/mol. The SMILES string of the molecule is CN1C(=O)N(C#N)C(C2CC2)(C2CC2)c2cc(Cl)ccc21. The van der Waals surface area contributed by atoms with E-state index in [2.05, 4.69) is 6.19 Å². The maximum atomic E-state index is 12.7. The molecule has 2 amide bonds. The standard InChI is InChI=1S/C16H16ClN3O/c1-19-14-7-6-12(17)8-13(14)16(10-2-3-10,11-4-5-11)20(9-18)15(19)21/h6-8,10-11H,2-5H2,1H3. The molecule has 0 radical (unpaired) electrons. The van der Waals surface area contributed by atoms with Crippen molar-refractivity contribution in [2.24, 2.45) is 11.8 Å². The number of halogens is 1. The normalized spacial score (nSPS) is 23.8. The number of anilines is 1. The van der Waals surface area contributed by atoms with Crippen LogP contribution in [-0.4, -0.2) is 18.0 Å². The molecule has 1 heterocycles. The van der Waals surface area contributed by atoms with Gasteiger partial charge in [-0.15, -0.1) is 0 Å². The van der Waals surface area contributed by atoms with E-state index in [1.54, 1.807) is 11.9 Å². The summed E-state index contributed by atoms with van der Waals surface area (Å²) in [7, 11) is 1.73. The number of benzene rings is 1. The zero-order chi connectivity index (χ0) is 14.8. The first-order chi connectivity index (χ1) is 10.1. The number of hydrogen-bond acceptors (Lipinski definition) is 2. The number of carbonyl (C=O) groups excluding carboxylic acids is 1. The number of amides is 2. The molecule has 2 fully saturated rings. The fourth-order valence-corrected chi connectivity index (χ4v) is 4.14. The predicted octanol–water partition coefficient (Wildman–Crippen LogP) is 3.71. The number of fused-ring (bicyclic) bond motifs is 1. The smallest absolute Gasteiger partial charge is 0.296 e. The van der Waals surface area contributed by atoms with Crippen LogP contribution in [0.1, 0.15) is 31.2 Å². The molecule has 0 aromatic heterocycles. The van der Waals surface area contributed by atoms with Gasteiger partial charge in [0.05, 0.1) is 11.2 Å². The highest BCUT2D eigenvalue weighted by atomic mass is 35.5. The summed E-state index contributed by atoms with van der Waals surface area (Å²) in [6, 6.07) is 5.47. The molecule has 1 aliphatic heterocycles. The summed E-state index contributed by atoms with van der Waals surface area (Å²) >= 11 is 6.22. The zero-order valence-electron chi connectivity index (χ0n) is 11.8. The van der Waals surface area contributed by atoms with Crippen LogP contribution in [-0.2, 0) is 5.54 Å². The van der Waals surface area contributed by atoms with Crippen molar-refractivity contribution >= 4 is 23.3 Å². The number of hydrogen-bond donors (Lipinski definition) is 0. The van der Waals surface area contributed by atoms with Gasteiger partial charge in [0.25, 0.3) is 0 Å². The molecule has 0 spiro atoms. The third kappa shape index (κ3) is 1.58. The first-order valence-electron chi connectivity index (χ1n) is 7.38. The molecule has 4 rings (SSSR count). The van der Waals surface area contributed by atoms with Crippen molar-refractivity contribution in [1.82, 2.24) is 4.90 Å². The highest BCUT2D eigenvalue weighted by Crippen LogP contribution is 2.63. The Balaban J connectivity index is 2.02. The van der Waals surface area contributed by atoms with Gasteiger partial charge in [-0.1, -0.05) is 11.6 Å². The Morgan fingerprint density at radius 1 is 1.29 bits per heavy atom. The fraction of sp³-hybridized carbons (Fsp3) is 0.500. The minimum atomic E-state index is -0.460. The van der Waals surface area contributed by atoms with Crippen molar-refractivity contribution in [2.75, 3.05) is 11.9 Å². The van der Waals surface area contributed by atoms with Gasteiger partial charge in [-0.3, -0.25) is 4.90 Å². The topological polar surface area (TPSA) is 47.3 Å². The molecule has 0 unspecified atom stereocenters. The van der Waals surface area contributed by atoms with E-state index < -0.39 is 5.54 Å². The summed E-state index contributed by atoms with van der Waals surface area (Å²) in [4.78, 5) is 15.7. The number of rotatable bonds is 2. The molecule has 1 aromatic rings. The van der Waals surface area contributed by atoms with Crippen molar-refractivity contribution in [2.45, 2.75) is 31.2 Å².